The Morgan fingerprint density at radius 3 is 2.46 bits per heavy atom. The summed E-state index contributed by atoms with van der Waals surface area (Å²) in [5.74, 6) is 0.496. The lowest BCUT2D eigenvalue weighted by molar-refractivity contribution is -0.143. The van der Waals surface area contributed by atoms with E-state index in [1.807, 2.05) is 42.5 Å². The second kappa shape index (κ2) is 12.1. The number of anilines is 1. The summed E-state index contributed by atoms with van der Waals surface area (Å²) in [4.78, 5) is 30.5. The molecule has 9 nitrogen and oxygen atoms in total. The molecule has 1 aliphatic heterocycles. The Kier molecular flexibility index (Phi) is 8.46. The molecule has 37 heavy (non-hydrogen) atoms. The number of likely N-dealkylation sites (tertiary alicyclic amines) is 1. The molecule has 1 saturated heterocycles. The Morgan fingerprint density at radius 1 is 1.11 bits per heavy atom. The van der Waals surface area contributed by atoms with Crippen LogP contribution in [0, 0.1) is 11.3 Å². The van der Waals surface area contributed by atoms with Crippen molar-refractivity contribution >= 4 is 17.6 Å². The van der Waals surface area contributed by atoms with Gasteiger partial charge in [0.1, 0.15) is 30.3 Å². The fraction of sp³-hybridized carbons (Fsp3) is 0.286. The van der Waals surface area contributed by atoms with Gasteiger partial charge >= 0.3 is 0 Å². The number of ether oxygens (including phenoxy) is 1. The quantitative estimate of drug-likeness (QED) is 0.391. The molecule has 1 aliphatic rings. The van der Waals surface area contributed by atoms with Crippen LogP contribution in [0.15, 0.2) is 72.9 Å². The Balaban J connectivity index is 1.36. The van der Waals surface area contributed by atoms with E-state index in [1.165, 1.54) is 11.1 Å². The van der Waals surface area contributed by atoms with E-state index >= 15 is 0 Å². The number of carbonyl (C=O) groups excluding carboxylic acids is 2. The van der Waals surface area contributed by atoms with Gasteiger partial charge in [0.15, 0.2) is 0 Å². The summed E-state index contributed by atoms with van der Waals surface area (Å²) in [6.45, 7) is 2.95. The minimum absolute atomic E-state index is 0.122. The summed E-state index contributed by atoms with van der Waals surface area (Å²) in [6, 6.07) is 21.9. The van der Waals surface area contributed by atoms with Crippen molar-refractivity contribution in [3.63, 3.8) is 0 Å². The summed E-state index contributed by atoms with van der Waals surface area (Å²) in [7, 11) is 0. The van der Waals surface area contributed by atoms with Gasteiger partial charge in [-0.05, 0) is 41.3 Å². The van der Waals surface area contributed by atoms with Crippen molar-refractivity contribution in [1.82, 2.24) is 15.2 Å². The average Bonchev–Trinajstić information content (AvgIpc) is 2.91. The maximum atomic E-state index is 13.3. The van der Waals surface area contributed by atoms with Crippen LogP contribution in [-0.2, 0) is 9.59 Å². The number of amides is 2. The van der Waals surface area contributed by atoms with E-state index in [2.05, 4.69) is 28.6 Å². The average molecular weight is 500 g/mol. The van der Waals surface area contributed by atoms with Gasteiger partial charge in [0.25, 0.3) is 0 Å². The molecule has 0 bridgehead atoms. The number of benzene rings is 2. The molecule has 3 aromatic rings. The largest absolute Gasteiger partial charge is 0.485 e. The molecule has 0 aliphatic carbocycles. The lowest BCUT2D eigenvalue weighted by atomic mass is 9.98. The third-order valence-electron chi connectivity index (χ3n) is 6.26. The number of rotatable bonds is 10. The summed E-state index contributed by atoms with van der Waals surface area (Å²) < 4.78 is 5.79. The van der Waals surface area contributed by atoms with Crippen molar-refractivity contribution in [3.8, 4) is 11.8 Å². The smallest absolute Gasteiger partial charge is 0.248 e. The summed E-state index contributed by atoms with van der Waals surface area (Å²) in [5.41, 5.74) is 2.52. The SMILES string of the molecule is CC(CNC(C(=O)Nc1ccc(OC2CN(C(=O)CO)C2)cn1)c1ccccc1)c1ccc(C#N)cc1. The first kappa shape index (κ1) is 25.8. The van der Waals surface area contributed by atoms with E-state index in [4.69, 9.17) is 15.1 Å². The van der Waals surface area contributed by atoms with E-state index in [9.17, 15) is 9.59 Å². The number of nitrogens with one attached hydrogen (secondary N) is 2. The van der Waals surface area contributed by atoms with E-state index in [0.29, 0.717) is 36.8 Å². The van der Waals surface area contributed by atoms with E-state index in [-0.39, 0.29) is 23.8 Å². The highest BCUT2D eigenvalue weighted by Crippen LogP contribution is 2.21. The van der Waals surface area contributed by atoms with Crippen LogP contribution in [-0.4, -0.2) is 59.1 Å². The van der Waals surface area contributed by atoms with Crippen molar-refractivity contribution in [2.24, 2.45) is 0 Å². The molecule has 1 fully saturated rings. The lowest BCUT2D eigenvalue weighted by Crippen LogP contribution is -2.56. The molecule has 3 N–H and O–H groups in total. The fourth-order valence-electron chi connectivity index (χ4n) is 4.04. The van der Waals surface area contributed by atoms with Crippen LogP contribution in [0.1, 0.15) is 35.6 Å². The van der Waals surface area contributed by atoms with Gasteiger partial charge in [-0.3, -0.25) is 9.59 Å². The monoisotopic (exact) mass is 499 g/mol. The fourth-order valence-corrected chi connectivity index (χ4v) is 4.04. The Hall–Kier alpha value is -4.26. The first-order valence-electron chi connectivity index (χ1n) is 12.1. The normalized spacial score (nSPS) is 14.7. The highest BCUT2D eigenvalue weighted by atomic mass is 16.5. The second-order valence-corrected chi connectivity index (χ2v) is 8.95. The predicted octanol–water partition coefficient (Wildman–Crippen LogP) is 2.61. The van der Waals surface area contributed by atoms with Gasteiger partial charge < -0.3 is 25.4 Å². The maximum Gasteiger partial charge on any atom is 0.248 e. The van der Waals surface area contributed by atoms with Crippen molar-refractivity contribution in [2.45, 2.75) is 25.0 Å². The van der Waals surface area contributed by atoms with Crippen LogP contribution in [0.2, 0.25) is 0 Å². The number of aliphatic hydroxyl groups is 1. The predicted molar refractivity (Wildman–Crippen MR) is 138 cm³/mol. The van der Waals surface area contributed by atoms with Gasteiger partial charge in [-0.1, -0.05) is 49.4 Å². The summed E-state index contributed by atoms with van der Waals surface area (Å²) in [5, 5.41) is 24.2. The molecule has 0 saturated carbocycles. The van der Waals surface area contributed by atoms with E-state index < -0.39 is 12.6 Å². The molecule has 2 unspecified atom stereocenters. The van der Waals surface area contributed by atoms with Crippen LogP contribution in [0.3, 0.4) is 0 Å². The lowest BCUT2D eigenvalue weighted by Gasteiger charge is -2.38. The van der Waals surface area contributed by atoms with Gasteiger partial charge in [0.05, 0.1) is 30.9 Å². The number of nitrogens with zero attached hydrogens (tertiary/aromatic N) is 3. The van der Waals surface area contributed by atoms with Crippen molar-refractivity contribution in [2.75, 3.05) is 31.6 Å². The van der Waals surface area contributed by atoms with Crippen LogP contribution >= 0.6 is 0 Å². The number of carbonyl (C=O) groups is 2. The minimum atomic E-state index is -0.593. The zero-order valence-corrected chi connectivity index (χ0v) is 20.5. The molecule has 190 valence electrons. The minimum Gasteiger partial charge on any atom is -0.485 e. The third kappa shape index (κ3) is 6.70. The molecule has 0 spiro atoms. The standard InChI is InChI=1S/C28H29N5O4/c1-19(21-9-7-20(13-29)8-10-21)14-31-27(22-5-3-2-4-6-22)28(36)32-25-12-11-23(15-30-25)37-24-16-33(17-24)26(35)18-34/h2-12,15,19,24,27,31,34H,14,16-18H2,1H3,(H,30,32,36). The number of hydrogen-bond acceptors (Lipinski definition) is 7. The van der Waals surface area contributed by atoms with Gasteiger partial charge in [0.2, 0.25) is 11.8 Å². The number of aliphatic hydroxyl groups excluding tert-OH is 1. The zero-order chi connectivity index (χ0) is 26.2. The van der Waals surface area contributed by atoms with Gasteiger partial charge in [0, 0.05) is 6.54 Å². The van der Waals surface area contributed by atoms with Gasteiger partial charge in [-0.25, -0.2) is 4.98 Å². The third-order valence-corrected chi connectivity index (χ3v) is 6.26. The molecule has 1 aromatic heterocycles. The first-order valence-corrected chi connectivity index (χ1v) is 12.1. The molecular weight excluding hydrogens is 470 g/mol. The highest BCUT2D eigenvalue weighted by molar-refractivity contribution is 5.94. The molecule has 2 heterocycles. The van der Waals surface area contributed by atoms with Crippen LogP contribution in [0.4, 0.5) is 5.82 Å². The molecular formula is C28H29N5O4. The molecule has 4 rings (SSSR count). The van der Waals surface area contributed by atoms with Gasteiger partial charge in [-0.15, -0.1) is 0 Å². The van der Waals surface area contributed by atoms with E-state index in [0.717, 1.165) is 11.1 Å². The topological polar surface area (TPSA) is 128 Å². The Morgan fingerprint density at radius 2 is 1.84 bits per heavy atom. The number of nitriles is 1. The Labute approximate surface area is 215 Å². The van der Waals surface area contributed by atoms with Crippen molar-refractivity contribution < 1.29 is 19.4 Å². The molecule has 9 heteroatoms. The molecule has 2 atom stereocenters. The first-order chi connectivity index (χ1) is 18.0. The Bertz CT molecular complexity index is 1240. The molecule has 2 aromatic carbocycles. The zero-order valence-electron chi connectivity index (χ0n) is 20.5. The van der Waals surface area contributed by atoms with Crippen molar-refractivity contribution in [3.05, 3.63) is 89.6 Å². The highest BCUT2D eigenvalue weighted by Gasteiger charge is 2.31. The van der Waals surface area contributed by atoms with Crippen LogP contribution < -0.4 is 15.4 Å². The molecule has 2 amide bonds. The number of hydrogen-bond donors (Lipinski definition) is 3. The number of aromatic nitrogens is 1. The van der Waals surface area contributed by atoms with Crippen LogP contribution in [0.25, 0.3) is 0 Å². The van der Waals surface area contributed by atoms with E-state index in [1.54, 1.807) is 24.3 Å². The summed E-state index contributed by atoms with van der Waals surface area (Å²) >= 11 is 0. The summed E-state index contributed by atoms with van der Waals surface area (Å²) in [6.07, 6.45) is 1.38. The maximum absolute atomic E-state index is 13.3. The van der Waals surface area contributed by atoms with Crippen LogP contribution in [0.5, 0.6) is 5.75 Å². The number of pyridine rings is 1. The molecule has 0 radical (unpaired) electrons. The second-order valence-electron chi connectivity index (χ2n) is 8.95. The van der Waals surface area contributed by atoms with Crippen molar-refractivity contribution in [1.29, 1.82) is 5.26 Å². The van der Waals surface area contributed by atoms with Gasteiger partial charge in [-0.2, -0.15) is 5.26 Å².